The molecule has 0 saturated carbocycles. The Kier molecular flexibility index (Phi) is 6.84. The highest BCUT2D eigenvalue weighted by Crippen LogP contribution is 2.30. The van der Waals surface area contributed by atoms with Crippen molar-refractivity contribution in [1.82, 2.24) is 10.7 Å². The topological polar surface area (TPSA) is 73.4 Å². The first-order chi connectivity index (χ1) is 9.43. The summed E-state index contributed by atoms with van der Waals surface area (Å²) >= 11 is 11.6. The number of hydrogen-bond acceptors (Lipinski definition) is 3. The minimum Gasteiger partial charge on any atom is -0.396 e. The van der Waals surface area contributed by atoms with Crippen molar-refractivity contribution in [2.75, 3.05) is 12.0 Å². The third kappa shape index (κ3) is 5.40. The van der Waals surface area contributed by atoms with Crippen molar-refractivity contribution < 1.29 is 14.3 Å². The third-order valence-corrected chi connectivity index (χ3v) is 3.08. The van der Waals surface area contributed by atoms with Crippen molar-refractivity contribution in [3.05, 3.63) is 28.0 Å². The molecule has 0 aliphatic carbocycles. The lowest BCUT2D eigenvalue weighted by molar-refractivity contribution is 0.236. The van der Waals surface area contributed by atoms with Gasteiger partial charge in [0.1, 0.15) is 5.82 Å². The molecule has 0 spiro atoms. The number of nitrogens with one attached hydrogen (secondary N) is 3. The van der Waals surface area contributed by atoms with E-state index < -0.39 is 11.8 Å². The van der Waals surface area contributed by atoms with Crippen LogP contribution in [0.1, 0.15) is 19.8 Å². The summed E-state index contributed by atoms with van der Waals surface area (Å²) in [6.07, 6.45) is 1.26. The second-order valence-electron chi connectivity index (χ2n) is 4.23. The Morgan fingerprint density at radius 2 is 2.00 bits per heavy atom. The maximum atomic E-state index is 13.0. The molecule has 5 nitrogen and oxygen atoms in total. The van der Waals surface area contributed by atoms with Crippen LogP contribution in [0.2, 0.25) is 10.0 Å². The third-order valence-electron chi connectivity index (χ3n) is 2.48. The van der Waals surface area contributed by atoms with Gasteiger partial charge in [-0.15, -0.1) is 0 Å². The smallest absolute Gasteiger partial charge is 0.333 e. The number of hydrazine groups is 1. The Bertz CT molecular complexity index is 451. The summed E-state index contributed by atoms with van der Waals surface area (Å²) in [5.41, 5.74) is 5.10. The molecule has 4 N–H and O–H groups in total. The van der Waals surface area contributed by atoms with Crippen LogP contribution in [0.15, 0.2) is 12.1 Å². The monoisotopic (exact) mass is 323 g/mol. The lowest BCUT2D eigenvalue weighted by Gasteiger charge is -2.16. The number of carbonyl (C=O) groups is 1. The summed E-state index contributed by atoms with van der Waals surface area (Å²) in [6.45, 7) is 1.89. The van der Waals surface area contributed by atoms with Crippen LogP contribution in [0.25, 0.3) is 0 Å². The summed E-state index contributed by atoms with van der Waals surface area (Å²) < 4.78 is 13.0. The highest BCUT2D eigenvalue weighted by Gasteiger charge is 2.10. The number of anilines is 1. The Morgan fingerprint density at radius 1 is 1.40 bits per heavy atom. The molecule has 1 atom stereocenters. The first-order valence-electron chi connectivity index (χ1n) is 6.02. The molecule has 1 rings (SSSR count). The summed E-state index contributed by atoms with van der Waals surface area (Å²) in [5.74, 6) is -0.562. The molecule has 112 valence electrons. The number of aliphatic hydroxyl groups excluding tert-OH is 1. The summed E-state index contributed by atoms with van der Waals surface area (Å²) in [6, 6.07) is 1.59. The molecular weight excluding hydrogens is 308 g/mol. The van der Waals surface area contributed by atoms with E-state index in [0.29, 0.717) is 12.8 Å². The highest BCUT2D eigenvalue weighted by molar-refractivity contribution is 6.39. The maximum Gasteiger partial charge on any atom is 0.333 e. The Morgan fingerprint density at radius 3 is 2.55 bits per heavy atom. The standard InChI is InChI=1S/C12H16Cl2FN3O2/c1-7(3-2-4-19)16-12(20)18-17-11-9(13)5-8(15)6-10(11)14/h5-7,17,19H,2-4H2,1H3,(H2,16,18,20). The largest absolute Gasteiger partial charge is 0.396 e. The van der Waals surface area contributed by atoms with Crippen molar-refractivity contribution in [2.24, 2.45) is 0 Å². The van der Waals surface area contributed by atoms with Gasteiger partial charge in [-0.05, 0) is 31.9 Å². The normalized spacial score (nSPS) is 11.8. The molecule has 20 heavy (non-hydrogen) atoms. The van der Waals surface area contributed by atoms with E-state index >= 15 is 0 Å². The van der Waals surface area contributed by atoms with Crippen molar-refractivity contribution >= 4 is 34.9 Å². The first-order valence-corrected chi connectivity index (χ1v) is 6.77. The average Bonchev–Trinajstić information content (AvgIpc) is 2.34. The SMILES string of the molecule is CC(CCCO)NC(=O)NNc1c(Cl)cc(F)cc1Cl. The predicted octanol–water partition coefficient (Wildman–Crippen LogP) is 2.92. The molecule has 0 radical (unpaired) electrons. The van der Waals surface area contributed by atoms with Crippen LogP contribution in [0.4, 0.5) is 14.9 Å². The molecule has 2 amide bonds. The fourth-order valence-electron chi connectivity index (χ4n) is 1.51. The predicted molar refractivity (Wildman–Crippen MR) is 77.5 cm³/mol. The van der Waals surface area contributed by atoms with Gasteiger partial charge < -0.3 is 10.4 Å². The van der Waals surface area contributed by atoms with Crippen molar-refractivity contribution in [3.8, 4) is 0 Å². The maximum absolute atomic E-state index is 13.0. The summed E-state index contributed by atoms with van der Waals surface area (Å²) in [5, 5.41) is 11.5. The number of carbonyl (C=O) groups excluding carboxylic acids is 1. The highest BCUT2D eigenvalue weighted by atomic mass is 35.5. The fourth-order valence-corrected chi connectivity index (χ4v) is 2.07. The molecular formula is C12H16Cl2FN3O2. The first kappa shape index (κ1) is 16.8. The van der Waals surface area contributed by atoms with E-state index in [1.807, 2.05) is 6.92 Å². The molecule has 8 heteroatoms. The molecule has 1 unspecified atom stereocenters. The van der Waals surface area contributed by atoms with Crippen molar-refractivity contribution in [1.29, 1.82) is 0 Å². The minimum absolute atomic E-state index is 0.0589. The molecule has 1 aromatic carbocycles. The summed E-state index contributed by atoms with van der Waals surface area (Å²) in [7, 11) is 0. The molecule has 0 heterocycles. The molecule has 0 aliphatic rings. The van der Waals surface area contributed by atoms with Gasteiger partial charge in [0.05, 0.1) is 15.7 Å². The molecule has 1 aromatic rings. The quantitative estimate of drug-likeness (QED) is 0.608. The van der Waals surface area contributed by atoms with Gasteiger partial charge in [-0.3, -0.25) is 10.9 Å². The number of urea groups is 1. The van der Waals surface area contributed by atoms with Gasteiger partial charge in [-0.25, -0.2) is 9.18 Å². The Labute approximate surface area is 126 Å². The van der Waals surface area contributed by atoms with Crippen LogP contribution in [0.3, 0.4) is 0 Å². The van der Waals surface area contributed by atoms with Crippen molar-refractivity contribution in [3.63, 3.8) is 0 Å². The molecule has 0 bridgehead atoms. The van der Waals surface area contributed by atoms with E-state index in [2.05, 4.69) is 16.2 Å². The van der Waals surface area contributed by atoms with E-state index in [4.69, 9.17) is 28.3 Å². The number of hydrogen-bond donors (Lipinski definition) is 4. The number of benzene rings is 1. The number of rotatable bonds is 6. The van der Waals surface area contributed by atoms with Gasteiger partial charge >= 0.3 is 6.03 Å². The molecule has 0 saturated heterocycles. The zero-order chi connectivity index (χ0) is 15.1. The van der Waals surface area contributed by atoms with E-state index in [0.717, 1.165) is 12.1 Å². The summed E-state index contributed by atoms with van der Waals surface area (Å²) in [4.78, 5) is 11.6. The Balaban J connectivity index is 2.49. The second kappa shape index (κ2) is 8.14. The Hall–Kier alpha value is -1.24. The second-order valence-corrected chi connectivity index (χ2v) is 5.05. The number of aliphatic hydroxyl groups is 1. The van der Waals surface area contributed by atoms with Crippen LogP contribution >= 0.6 is 23.2 Å². The lowest BCUT2D eigenvalue weighted by Crippen LogP contribution is -2.43. The van der Waals surface area contributed by atoms with E-state index in [1.54, 1.807) is 0 Å². The van der Waals surface area contributed by atoms with Gasteiger partial charge in [-0.2, -0.15) is 0 Å². The van der Waals surface area contributed by atoms with Gasteiger partial charge in [0, 0.05) is 12.6 Å². The fraction of sp³-hybridized carbons (Fsp3) is 0.417. The zero-order valence-corrected chi connectivity index (χ0v) is 12.4. The van der Waals surface area contributed by atoms with Crippen LogP contribution in [0.5, 0.6) is 0 Å². The van der Waals surface area contributed by atoms with E-state index in [-0.39, 0.29) is 28.4 Å². The number of amides is 2. The van der Waals surface area contributed by atoms with Gasteiger partial charge in [0.25, 0.3) is 0 Å². The van der Waals surface area contributed by atoms with Crippen LogP contribution in [0, 0.1) is 5.82 Å². The zero-order valence-electron chi connectivity index (χ0n) is 10.8. The van der Waals surface area contributed by atoms with Gasteiger partial charge in [-0.1, -0.05) is 23.2 Å². The molecule has 0 fully saturated rings. The number of halogens is 3. The van der Waals surface area contributed by atoms with Gasteiger partial charge in [0.2, 0.25) is 0 Å². The minimum atomic E-state index is -0.562. The van der Waals surface area contributed by atoms with E-state index in [1.165, 1.54) is 0 Å². The average molecular weight is 324 g/mol. The lowest BCUT2D eigenvalue weighted by atomic mass is 10.2. The van der Waals surface area contributed by atoms with Crippen LogP contribution in [-0.4, -0.2) is 23.8 Å². The van der Waals surface area contributed by atoms with Crippen LogP contribution in [-0.2, 0) is 0 Å². The molecule has 0 aromatic heterocycles. The molecule has 0 aliphatic heterocycles. The van der Waals surface area contributed by atoms with Gasteiger partial charge in [0.15, 0.2) is 0 Å². The van der Waals surface area contributed by atoms with Crippen LogP contribution < -0.4 is 16.2 Å². The van der Waals surface area contributed by atoms with Crippen molar-refractivity contribution in [2.45, 2.75) is 25.8 Å². The van der Waals surface area contributed by atoms with E-state index in [9.17, 15) is 9.18 Å².